The fourth-order valence-electron chi connectivity index (χ4n) is 4.38. The van der Waals surface area contributed by atoms with Crippen molar-refractivity contribution in [1.29, 1.82) is 5.26 Å². The van der Waals surface area contributed by atoms with Crippen LogP contribution in [0.4, 0.5) is 5.69 Å². The number of hydrogen-bond acceptors (Lipinski definition) is 5. The van der Waals surface area contributed by atoms with E-state index in [1.807, 2.05) is 42.3 Å². The Bertz CT molecular complexity index is 1430. The Morgan fingerprint density at radius 3 is 2.47 bits per heavy atom. The Balaban J connectivity index is 1.71. The number of nitriles is 1. The number of hydrogen-bond donors (Lipinski definition) is 1. The molecule has 0 saturated carbocycles. The molecule has 4 rings (SSSR count). The molecule has 3 heterocycles. The molecule has 0 atom stereocenters. The van der Waals surface area contributed by atoms with Gasteiger partial charge >= 0.3 is 0 Å². The predicted molar refractivity (Wildman–Crippen MR) is 147 cm³/mol. The van der Waals surface area contributed by atoms with Gasteiger partial charge in [0.1, 0.15) is 21.8 Å². The van der Waals surface area contributed by atoms with Crippen molar-refractivity contribution in [2.45, 2.75) is 39.8 Å². The fraction of sp³-hybridized carbons (Fsp3) is 0.250. The van der Waals surface area contributed by atoms with E-state index in [9.17, 15) is 5.26 Å². The van der Waals surface area contributed by atoms with E-state index in [2.05, 4.69) is 54.0 Å². The largest absolute Gasteiger partial charge is 0.365 e. The zero-order chi connectivity index (χ0) is 25.8. The van der Waals surface area contributed by atoms with E-state index in [4.69, 9.17) is 28.2 Å². The Hall–Kier alpha value is -3.53. The highest BCUT2D eigenvalue weighted by Gasteiger charge is 2.18. The maximum Gasteiger partial charge on any atom is 0.140 e. The summed E-state index contributed by atoms with van der Waals surface area (Å²) in [6.45, 7) is 7.44. The number of nitrogens with zero attached hydrogens (tertiary/aromatic N) is 5. The molecule has 0 amide bonds. The summed E-state index contributed by atoms with van der Waals surface area (Å²) in [4.78, 5) is 11.0. The summed E-state index contributed by atoms with van der Waals surface area (Å²) in [5.74, 6) is 0.955. The maximum absolute atomic E-state index is 9.63. The van der Waals surface area contributed by atoms with Crippen molar-refractivity contribution in [2.24, 2.45) is 7.05 Å². The molecule has 0 radical (unpaired) electrons. The summed E-state index contributed by atoms with van der Waals surface area (Å²) in [7, 11) is 2.02. The van der Waals surface area contributed by atoms with Crippen molar-refractivity contribution in [3.8, 4) is 6.07 Å². The number of fused-ring (bicyclic) bond motifs is 1. The highest BCUT2D eigenvalue weighted by atomic mass is 35.5. The van der Waals surface area contributed by atoms with Crippen LogP contribution < -0.4 is 10.2 Å². The monoisotopic (exact) mass is 518 g/mol. The summed E-state index contributed by atoms with van der Waals surface area (Å²) in [5, 5.41) is 14.8. The lowest BCUT2D eigenvalue weighted by Crippen LogP contribution is -2.31. The second-order valence-corrected chi connectivity index (χ2v) is 9.81. The van der Waals surface area contributed by atoms with Gasteiger partial charge in [0, 0.05) is 30.9 Å². The second kappa shape index (κ2) is 11.0. The molecule has 184 valence electrons. The van der Waals surface area contributed by atoms with Crippen LogP contribution in [-0.2, 0) is 20.1 Å². The smallest absolute Gasteiger partial charge is 0.140 e. The minimum absolute atomic E-state index is 0.277. The quantitative estimate of drug-likeness (QED) is 0.203. The van der Waals surface area contributed by atoms with Gasteiger partial charge in [-0.3, -0.25) is 0 Å². The van der Waals surface area contributed by atoms with E-state index in [-0.39, 0.29) is 10.3 Å². The van der Waals surface area contributed by atoms with Gasteiger partial charge in [-0.05, 0) is 47.7 Å². The summed E-state index contributed by atoms with van der Waals surface area (Å²) in [6, 6.07) is 17.8. The van der Waals surface area contributed by atoms with E-state index in [0.29, 0.717) is 24.8 Å². The summed E-state index contributed by atoms with van der Waals surface area (Å²) >= 11 is 12.5. The molecule has 0 bridgehead atoms. The highest BCUT2D eigenvalue weighted by Crippen LogP contribution is 2.30. The average Bonchev–Trinajstić information content (AvgIpc) is 3.13. The van der Waals surface area contributed by atoms with Crippen LogP contribution in [0.2, 0.25) is 10.3 Å². The lowest BCUT2D eigenvalue weighted by molar-refractivity contribution is 0.723. The molecule has 0 spiro atoms. The molecule has 0 aliphatic carbocycles. The standard InChI is InChI=1S/C28H28Cl2N6/c1-18(2)23-12-21(33-28-27(23)19(3)16-35(28)4)15-32-26(10-11-31)36(17-20-8-6-5-7-9-20)22-13-24(29)34-25(30)14-22/h5-10,12-14,16,18,32H,15,17H2,1-4H3/b26-10-. The van der Waals surface area contributed by atoms with Crippen LogP contribution in [0.25, 0.3) is 11.0 Å². The molecule has 8 heteroatoms. The molecule has 4 aromatic rings. The van der Waals surface area contributed by atoms with Crippen molar-refractivity contribution in [3.05, 3.63) is 99.3 Å². The number of allylic oxidation sites excluding steroid dienone is 1. The summed E-state index contributed by atoms with van der Waals surface area (Å²) < 4.78 is 2.06. The van der Waals surface area contributed by atoms with E-state index in [0.717, 1.165) is 22.6 Å². The van der Waals surface area contributed by atoms with Crippen LogP contribution in [0.1, 0.15) is 42.1 Å². The van der Waals surface area contributed by atoms with Gasteiger partial charge in [0.05, 0.1) is 24.4 Å². The van der Waals surface area contributed by atoms with Gasteiger partial charge in [-0.1, -0.05) is 67.4 Å². The Kier molecular flexibility index (Phi) is 7.83. The molecule has 1 N–H and O–H groups in total. The molecule has 6 nitrogen and oxygen atoms in total. The van der Waals surface area contributed by atoms with Gasteiger partial charge < -0.3 is 14.8 Å². The third-order valence-electron chi connectivity index (χ3n) is 6.01. The Labute approximate surface area is 221 Å². The zero-order valence-corrected chi connectivity index (χ0v) is 22.3. The van der Waals surface area contributed by atoms with Crippen LogP contribution in [0.15, 0.2) is 66.6 Å². The number of nitrogens with one attached hydrogen (secondary N) is 1. The number of aryl methyl sites for hydroxylation is 2. The number of benzene rings is 1. The van der Waals surface area contributed by atoms with Crippen LogP contribution >= 0.6 is 23.2 Å². The van der Waals surface area contributed by atoms with Crippen LogP contribution in [0, 0.1) is 18.3 Å². The first-order valence-corrected chi connectivity index (χ1v) is 12.5. The lowest BCUT2D eigenvalue weighted by atomic mass is 9.98. The third kappa shape index (κ3) is 5.64. The summed E-state index contributed by atoms with van der Waals surface area (Å²) in [5.41, 5.74) is 6.11. The number of halogens is 2. The molecule has 3 aromatic heterocycles. The molecule has 0 saturated heterocycles. The van der Waals surface area contributed by atoms with Crippen molar-refractivity contribution < 1.29 is 0 Å². The first kappa shape index (κ1) is 25.6. The molecular weight excluding hydrogens is 491 g/mol. The first-order chi connectivity index (χ1) is 17.3. The van der Waals surface area contributed by atoms with E-state index in [1.165, 1.54) is 22.6 Å². The number of anilines is 1. The van der Waals surface area contributed by atoms with Gasteiger partial charge in [0.2, 0.25) is 0 Å². The molecule has 36 heavy (non-hydrogen) atoms. The van der Waals surface area contributed by atoms with Crippen LogP contribution in [0.5, 0.6) is 0 Å². The molecule has 0 fully saturated rings. The van der Waals surface area contributed by atoms with E-state index in [1.54, 1.807) is 12.1 Å². The van der Waals surface area contributed by atoms with Crippen molar-refractivity contribution in [2.75, 3.05) is 4.90 Å². The van der Waals surface area contributed by atoms with Gasteiger partial charge in [-0.2, -0.15) is 5.26 Å². The SMILES string of the molecule is Cc1cn(C)c2nc(CN/C(=C/C#N)N(Cc3ccccc3)c3cc(Cl)nc(Cl)c3)cc(C(C)C)c12. The minimum atomic E-state index is 0.277. The van der Waals surface area contributed by atoms with Gasteiger partial charge in [-0.15, -0.1) is 0 Å². The third-order valence-corrected chi connectivity index (χ3v) is 6.39. The molecule has 0 aliphatic heterocycles. The van der Waals surface area contributed by atoms with Crippen molar-refractivity contribution in [3.63, 3.8) is 0 Å². The lowest BCUT2D eigenvalue weighted by Gasteiger charge is -2.28. The minimum Gasteiger partial charge on any atom is -0.365 e. The topological polar surface area (TPSA) is 69.8 Å². The predicted octanol–water partition coefficient (Wildman–Crippen LogP) is 6.87. The number of pyridine rings is 2. The van der Waals surface area contributed by atoms with Crippen molar-refractivity contribution >= 4 is 39.9 Å². The van der Waals surface area contributed by atoms with Gasteiger partial charge in [-0.25, -0.2) is 9.97 Å². The molecule has 0 unspecified atom stereocenters. The van der Waals surface area contributed by atoms with E-state index < -0.39 is 0 Å². The normalized spacial score (nSPS) is 11.7. The van der Waals surface area contributed by atoms with Gasteiger partial charge in [0.25, 0.3) is 0 Å². The Morgan fingerprint density at radius 1 is 1.14 bits per heavy atom. The molecule has 0 aliphatic rings. The fourth-order valence-corrected chi connectivity index (χ4v) is 4.83. The Morgan fingerprint density at radius 2 is 1.83 bits per heavy atom. The zero-order valence-electron chi connectivity index (χ0n) is 20.8. The van der Waals surface area contributed by atoms with Gasteiger partial charge in [0.15, 0.2) is 0 Å². The molecular formula is C28H28Cl2N6. The second-order valence-electron chi connectivity index (χ2n) is 9.03. The molecule has 1 aromatic carbocycles. The number of aromatic nitrogens is 3. The summed E-state index contributed by atoms with van der Waals surface area (Å²) in [6.07, 6.45) is 3.60. The van der Waals surface area contributed by atoms with Crippen molar-refractivity contribution in [1.82, 2.24) is 19.9 Å². The maximum atomic E-state index is 9.63. The highest BCUT2D eigenvalue weighted by molar-refractivity contribution is 6.32. The van der Waals surface area contributed by atoms with Crippen LogP contribution in [-0.4, -0.2) is 14.5 Å². The first-order valence-electron chi connectivity index (χ1n) is 11.7. The van der Waals surface area contributed by atoms with E-state index >= 15 is 0 Å². The average molecular weight is 519 g/mol. The number of rotatable bonds is 8. The van der Waals surface area contributed by atoms with Crippen LogP contribution in [0.3, 0.4) is 0 Å².